The van der Waals surface area contributed by atoms with E-state index in [4.69, 9.17) is 0 Å². The molecule has 0 unspecified atom stereocenters. The molecule has 0 saturated heterocycles. The number of hydrogen-bond acceptors (Lipinski definition) is 5. The Morgan fingerprint density at radius 2 is 1.90 bits per heavy atom. The second kappa shape index (κ2) is 11.7. The molecule has 1 heterocycles. The molecule has 1 fully saturated rings. The van der Waals surface area contributed by atoms with Crippen molar-refractivity contribution in [2.75, 3.05) is 5.32 Å². The number of anilines is 1. The van der Waals surface area contributed by atoms with Crippen LogP contribution in [0.1, 0.15) is 49.4 Å². The molecule has 1 aromatic carbocycles. The molecule has 0 bridgehead atoms. The van der Waals surface area contributed by atoms with Crippen molar-refractivity contribution in [3.63, 3.8) is 0 Å². The Hall–Kier alpha value is -1.09. The summed E-state index contributed by atoms with van der Waals surface area (Å²) in [6, 6.07) is 10.9. The van der Waals surface area contributed by atoms with Crippen LogP contribution in [0.3, 0.4) is 0 Å². The van der Waals surface area contributed by atoms with E-state index in [0.717, 1.165) is 23.2 Å². The van der Waals surface area contributed by atoms with Gasteiger partial charge in [0.15, 0.2) is 0 Å². The second-order valence-electron chi connectivity index (χ2n) is 7.60. The Morgan fingerprint density at radius 3 is 2.48 bits per heavy atom. The zero-order valence-electron chi connectivity index (χ0n) is 18.1. The number of benzene rings is 1. The molecular formula is C22H27F2N2O3SY-. The number of amides is 1. The molecule has 5 nitrogen and oxygen atoms in total. The second-order valence-corrected chi connectivity index (χ2v) is 8.48. The summed E-state index contributed by atoms with van der Waals surface area (Å²) in [5.74, 6) is -0.427. The van der Waals surface area contributed by atoms with Crippen LogP contribution >= 0.6 is 12.0 Å². The van der Waals surface area contributed by atoms with Gasteiger partial charge in [0.1, 0.15) is 5.69 Å². The molecule has 1 aliphatic carbocycles. The maximum absolute atomic E-state index is 13.4. The molecule has 0 atom stereocenters. The Labute approximate surface area is 211 Å². The van der Waals surface area contributed by atoms with E-state index >= 15 is 0 Å². The SMILES string of the molecule is Cc1ccc(NC(=O)C2(c3ccccc3C(C)C)CC(SO)C2)c(OC(F)F)n1.[CH3-].[Y]. The van der Waals surface area contributed by atoms with Crippen molar-refractivity contribution in [3.05, 3.63) is 60.6 Å². The van der Waals surface area contributed by atoms with E-state index in [-0.39, 0.29) is 68.8 Å². The minimum absolute atomic E-state index is 0. The maximum Gasteiger partial charge on any atom is 0.388 e. The molecule has 1 radical (unpaired) electrons. The van der Waals surface area contributed by atoms with Gasteiger partial charge in [-0.25, -0.2) is 4.98 Å². The van der Waals surface area contributed by atoms with Crippen molar-refractivity contribution < 1.29 is 55.6 Å². The average molecular weight is 526 g/mol. The summed E-state index contributed by atoms with van der Waals surface area (Å²) in [5.41, 5.74) is 1.69. The van der Waals surface area contributed by atoms with E-state index in [1.807, 2.05) is 24.3 Å². The Bertz CT molecular complexity index is 893. The molecule has 9 heteroatoms. The zero-order valence-corrected chi connectivity index (χ0v) is 21.7. The predicted octanol–water partition coefficient (Wildman–Crippen LogP) is 5.81. The van der Waals surface area contributed by atoms with Crippen LogP contribution in [0.5, 0.6) is 5.88 Å². The van der Waals surface area contributed by atoms with Gasteiger partial charge in [0.05, 0.1) is 5.41 Å². The van der Waals surface area contributed by atoms with Crippen molar-refractivity contribution >= 4 is 23.6 Å². The number of ether oxygens (including phenoxy) is 1. The van der Waals surface area contributed by atoms with Crippen LogP contribution in [0, 0.1) is 14.4 Å². The van der Waals surface area contributed by atoms with E-state index in [2.05, 4.69) is 28.9 Å². The standard InChI is InChI=1S/C21H24F2N2O3S.CH3.Y/c1-12(2)15-6-4-5-7-16(15)21(10-14(11-21)29-27)19(26)25-17-9-8-13(3)24-18(17)28-20(22)23;;/h4-9,12,14,20,27H,10-11H2,1-3H3,(H,25,26);1H3;/q;-1;. The van der Waals surface area contributed by atoms with Crippen molar-refractivity contribution in [1.29, 1.82) is 0 Å². The normalized spacial score (nSPS) is 19.8. The van der Waals surface area contributed by atoms with Crippen LogP contribution in [0.4, 0.5) is 14.5 Å². The average Bonchev–Trinajstić information content (AvgIpc) is 2.63. The summed E-state index contributed by atoms with van der Waals surface area (Å²) in [4.78, 5) is 17.4. The zero-order chi connectivity index (χ0) is 21.2. The number of carbonyl (C=O) groups excluding carboxylic acids is 1. The van der Waals surface area contributed by atoms with Crippen molar-refractivity contribution in [1.82, 2.24) is 4.98 Å². The monoisotopic (exact) mass is 526 g/mol. The first-order valence-electron chi connectivity index (χ1n) is 9.40. The minimum atomic E-state index is -3.05. The quantitative estimate of drug-likeness (QED) is 0.352. The topological polar surface area (TPSA) is 71.5 Å². The molecule has 1 amide bonds. The summed E-state index contributed by atoms with van der Waals surface area (Å²) in [7, 11) is 0. The van der Waals surface area contributed by atoms with Crippen LogP contribution < -0.4 is 10.1 Å². The number of nitrogens with zero attached hydrogens (tertiary/aromatic N) is 1. The first-order chi connectivity index (χ1) is 13.8. The smallest absolute Gasteiger partial charge is 0.388 e. The van der Waals surface area contributed by atoms with Gasteiger partial charge in [-0.3, -0.25) is 4.79 Å². The number of aromatic nitrogens is 1. The van der Waals surface area contributed by atoms with E-state index in [9.17, 15) is 18.1 Å². The van der Waals surface area contributed by atoms with Crippen LogP contribution in [0.25, 0.3) is 0 Å². The van der Waals surface area contributed by atoms with E-state index in [1.165, 1.54) is 6.07 Å². The Balaban J connectivity index is 0.00000240. The third-order valence-corrected chi connectivity index (χ3v) is 5.91. The number of alkyl halides is 2. The van der Waals surface area contributed by atoms with E-state index in [1.54, 1.807) is 13.0 Å². The fourth-order valence-electron chi connectivity index (χ4n) is 3.80. The molecule has 0 spiro atoms. The number of carbonyl (C=O) groups is 1. The van der Waals surface area contributed by atoms with Crippen molar-refractivity contribution in [3.8, 4) is 5.88 Å². The van der Waals surface area contributed by atoms with Gasteiger partial charge in [0.2, 0.25) is 11.8 Å². The van der Waals surface area contributed by atoms with Crippen LogP contribution in [0.15, 0.2) is 36.4 Å². The number of rotatable bonds is 7. The molecule has 2 aromatic rings. The number of aryl methyl sites for hydroxylation is 1. The number of halogens is 2. The molecule has 3 rings (SSSR count). The van der Waals surface area contributed by atoms with E-state index < -0.39 is 12.0 Å². The van der Waals surface area contributed by atoms with Gasteiger partial charge in [-0.15, -0.1) is 0 Å². The predicted molar refractivity (Wildman–Crippen MR) is 116 cm³/mol. The third kappa shape index (κ3) is 6.03. The largest absolute Gasteiger partial charge is 0.415 e. The fraction of sp³-hybridized carbons (Fsp3) is 0.409. The maximum atomic E-state index is 13.4. The van der Waals surface area contributed by atoms with Crippen molar-refractivity contribution in [2.45, 2.75) is 56.8 Å². The molecule has 2 N–H and O–H groups in total. The van der Waals surface area contributed by atoms with Crippen molar-refractivity contribution in [2.24, 2.45) is 0 Å². The van der Waals surface area contributed by atoms with Gasteiger partial charge in [-0.2, -0.15) is 8.78 Å². The van der Waals surface area contributed by atoms with Crippen LogP contribution in [0.2, 0.25) is 0 Å². The molecule has 31 heavy (non-hydrogen) atoms. The first kappa shape index (κ1) is 27.9. The summed E-state index contributed by atoms with van der Waals surface area (Å²) in [6.07, 6.45) is 0.905. The van der Waals surface area contributed by atoms with Gasteiger partial charge in [0.25, 0.3) is 0 Å². The van der Waals surface area contributed by atoms with Gasteiger partial charge in [0, 0.05) is 43.7 Å². The molecule has 1 aromatic heterocycles. The van der Waals surface area contributed by atoms with Crippen LogP contribution in [-0.2, 0) is 42.9 Å². The van der Waals surface area contributed by atoms with E-state index in [0.29, 0.717) is 18.5 Å². The molecule has 1 saturated carbocycles. The van der Waals surface area contributed by atoms with Crippen LogP contribution in [-0.4, -0.2) is 27.3 Å². The number of hydrogen-bond donors (Lipinski definition) is 2. The molecular weight excluding hydrogens is 499 g/mol. The minimum Gasteiger partial charge on any atom is -0.415 e. The summed E-state index contributed by atoms with van der Waals surface area (Å²) in [5, 5.41) is 2.68. The Kier molecular flexibility index (Phi) is 10.5. The summed E-state index contributed by atoms with van der Waals surface area (Å²) >= 11 is 0.744. The Morgan fingerprint density at radius 1 is 1.26 bits per heavy atom. The first-order valence-corrected chi connectivity index (χ1v) is 10.2. The number of pyridine rings is 1. The summed E-state index contributed by atoms with van der Waals surface area (Å²) < 4.78 is 39.5. The summed E-state index contributed by atoms with van der Waals surface area (Å²) in [6.45, 7) is 2.72. The fourth-order valence-corrected chi connectivity index (χ4v) is 4.52. The molecule has 0 aliphatic heterocycles. The van der Waals surface area contributed by atoms with Gasteiger partial charge >= 0.3 is 6.61 Å². The third-order valence-electron chi connectivity index (χ3n) is 5.28. The molecule has 167 valence electrons. The van der Waals surface area contributed by atoms with Gasteiger partial charge in [-0.1, -0.05) is 38.1 Å². The van der Waals surface area contributed by atoms with Gasteiger partial charge in [-0.05, 0) is 61.0 Å². The molecule has 1 aliphatic rings. The van der Waals surface area contributed by atoms with Gasteiger partial charge < -0.3 is 22.0 Å². The number of nitrogens with one attached hydrogen (secondary N) is 1.